The van der Waals surface area contributed by atoms with Crippen molar-refractivity contribution in [3.63, 3.8) is 0 Å². The third-order valence-corrected chi connectivity index (χ3v) is 5.91. The molecule has 1 amide bonds. The zero-order valence-electron chi connectivity index (χ0n) is 15.9. The minimum Gasteiger partial charge on any atom is -0.459 e. The molecule has 1 N–H and O–H groups in total. The van der Waals surface area contributed by atoms with E-state index in [2.05, 4.69) is 40.5 Å². The highest BCUT2D eigenvalue weighted by molar-refractivity contribution is 5.92. The van der Waals surface area contributed by atoms with E-state index in [-0.39, 0.29) is 17.6 Å². The van der Waals surface area contributed by atoms with Gasteiger partial charge < -0.3 is 14.5 Å². The number of aryl methyl sites for hydroxylation is 1. The van der Waals surface area contributed by atoms with Gasteiger partial charge in [-0.15, -0.1) is 0 Å². The van der Waals surface area contributed by atoms with Crippen molar-refractivity contribution < 1.29 is 13.9 Å². The summed E-state index contributed by atoms with van der Waals surface area (Å²) < 4.78 is 11.7. The fourth-order valence-electron chi connectivity index (χ4n) is 4.26. The molecule has 144 valence electrons. The molecular weight excluding hydrogens is 340 g/mol. The first-order valence-corrected chi connectivity index (χ1v) is 9.90. The second kappa shape index (κ2) is 7.87. The van der Waals surface area contributed by atoms with Crippen molar-refractivity contribution in [2.45, 2.75) is 50.9 Å². The molecule has 0 radical (unpaired) electrons. The third-order valence-electron chi connectivity index (χ3n) is 5.91. The van der Waals surface area contributed by atoms with Gasteiger partial charge in [0.05, 0.1) is 18.0 Å². The minimum absolute atomic E-state index is 0.00316. The van der Waals surface area contributed by atoms with Gasteiger partial charge in [0.2, 0.25) is 0 Å². The van der Waals surface area contributed by atoms with Gasteiger partial charge in [-0.1, -0.05) is 30.3 Å². The summed E-state index contributed by atoms with van der Waals surface area (Å²) >= 11 is 0. The largest absolute Gasteiger partial charge is 0.459 e. The maximum Gasteiger partial charge on any atom is 0.287 e. The van der Waals surface area contributed by atoms with Gasteiger partial charge >= 0.3 is 0 Å². The molecule has 27 heavy (non-hydrogen) atoms. The lowest BCUT2D eigenvalue weighted by Gasteiger charge is -2.39. The number of nitrogens with zero attached hydrogens (tertiary/aromatic N) is 1. The number of likely N-dealkylation sites (tertiary alicyclic amines) is 1. The number of rotatable bonds is 5. The number of benzene rings is 1. The Bertz CT molecular complexity index is 763. The molecule has 2 aliphatic rings. The van der Waals surface area contributed by atoms with Crippen LogP contribution >= 0.6 is 0 Å². The lowest BCUT2D eigenvalue weighted by Crippen LogP contribution is -2.44. The van der Waals surface area contributed by atoms with Crippen molar-refractivity contribution in [1.82, 2.24) is 10.2 Å². The van der Waals surface area contributed by atoms with E-state index < -0.39 is 0 Å². The molecule has 2 aromatic rings. The Morgan fingerprint density at radius 3 is 2.67 bits per heavy atom. The Kier molecular flexibility index (Phi) is 5.32. The van der Waals surface area contributed by atoms with Crippen molar-refractivity contribution in [3.8, 4) is 0 Å². The number of hydrogen-bond acceptors (Lipinski definition) is 4. The van der Waals surface area contributed by atoms with E-state index in [0.717, 1.165) is 50.9 Å². The fraction of sp³-hybridized carbons (Fsp3) is 0.500. The number of amides is 1. The summed E-state index contributed by atoms with van der Waals surface area (Å²) in [6, 6.07) is 12.5. The quantitative estimate of drug-likeness (QED) is 0.877. The molecule has 0 aliphatic carbocycles. The Morgan fingerprint density at radius 1 is 1.19 bits per heavy atom. The van der Waals surface area contributed by atoms with Crippen LogP contribution in [0.5, 0.6) is 0 Å². The maximum atomic E-state index is 12.2. The standard InChI is InChI=1S/C22H28N2O3/c1-17-8-14-26-20(17)21(25)23-15-19-7-9-22(27-19)10-12-24(13-11-22)16-18-5-3-2-4-6-18/h2-6,8,14,19H,7,9-13,15-16H2,1H3,(H,23,25). The Morgan fingerprint density at radius 2 is 1.96 bits per heavy atom. The van der Waals surface area contributed by atoms with Crippen LogP contribution in [0.4, 0.5) is 0 Å². The average molecular weight is 368 g/mol. The first kappa shape index (κ1) is 18.3. The van der Waals surface area contributed by atoms with Crippen molar-refractivity contribution in [2.24, 2.45) is 0 Å². The predicted molar refractivity (Wildman–Crippen MR) is 104 cm³/mol. The predicted octanol–water partition coefficient (Wildman–Crippen LogP) is 3.53. The molecule has 1 aromatic carbocycles. The van der Waals surface area contributed by atoms with Crippen LogP contribution in [0.1, 0.15) is 47.4 Å². The molecule has 2 fully saturated rings. The zero-order valence-corrected chi connectivity index (χ0v) is 15.9. The van der Waals surface area contributed by atoms with Crippen molar-refractivity contribution in [3.05, 3.63) is 59.5 Å². The molecule has 4 rings (SSSR count). The van der Waals surface area contributed by atoms with Gasteiger partial charge in [0.1, 0.15) is 0 Å². The molecule has 1 spiro atoms. The van der Waals surface area contributed by atoms with Crippen LogP contribution in [-0.2, 0) is 11.3 Å². The van der Waals surface area contributed by atoms with Crippen molar-refractivity contribution in [1.29, 1.82) is 0 Å². The van der Waals surface area contributed by atoms with Gasteiger partial charge in [-0.25, -0.2) is 0 Å². The monoisotopic (exact) mass is 368 g/mol. The van der Waals surface area contributed by atoms with Gasteiger partial charge in [-0.3, -0.25) is 9.69 Å². The summed E-state index contributed by atoms with van der Waals surface area (Å²) in [5, 5.41) is 2.96. The number of ether oxygens (including phenoxy) is 1. The summed E-state index contributed by atoms with van der Waals surface area (Å²) in [5.74, 6) is 0.247. The lowest BCUT2D eigenvalue weighted by atomic mass is 9.88. The Hall–Kier alpha value is -2.11. The van der Waals surface area contributed by atoms with E-state index >= 15 is 0 Å². The molecule has 3 heterocycles. The van der Waals surface area contributed by atoms with E-state index in [4.69, 9.17) is 9.15 Å². The van der Waals surface area contributed by atoms with Gasteiger partial charge in [0.25, 0.3) is 5.91 Å². The summed E-state index contributed by atoms with van der Waals surface area (Å²) in [6.45, 7) is 5.58. The topological polar surface area (TPSA) is 54.7 Å². The normalized spacial score (nSPS) is 22.2. The zero-order chi connectivity index (χ0) is 18.7. The second-order valence-corrected chi connectivity index (χ2v) is 7.87. The summed E-state index contributed by atoms with van der Waals surface area (Å²) in [6.07, 6.45) is 5.89. The van der Waals surface area contributed by atoms with E-state index in [1.165, 1.54) is 5.56 Å². The van der Waals surface area contributed by atoms with Crippen LogP contribution in [0.15, 0.2) is 47.1 Å². The maximum absolute atomic E-state index is 12.2. The fourth-order valence-corrected chi connectivity index (χ4v) is 4.26. The van der Waals surface area contributed by atoms with Crippen molar-refractivity contribution >= 4 is 5.91 Å². The summed E-state index contributed by atoms with van der Waals surface area (Å²) in [7, 11) is 0. The first-order valence-electron chi connectivity index (χ1n) is 9.90. The SMILES string of the molecule is Cc1ccoc1C(=O)NCC1CCC2(CCN(Cc3ccccc3)CC2)O1. The van der Waals surface area contributed by atoms with Gasteiger partial charge in [0.15, 0.2) is 5.76 Å². The van der Waals surface area contributed by atoms with Gasteiger partial charge in [-0.05, 0) is 44.2 Å². The summed E-state index contributed by atoms with van der Waals surface area (Å²) in [5.41, 5.74) is 2.24. The number of furan rings is 1. The van der Waals surface area contributed by atoms with Crippen molar-refractivity contribution in [2.75, 3.05) is 19.6 Å². The molecular formula is C22H28N2O3. The number of piperidine rings is 1. The number of carbonyl (C=O) groups excluding carboxylic acids is 1. The smallest absolute Gasteiger partial charge is 0.287 e. The highest BCUT2D eigenvalue weighted by atomic mass is 16.5. The van der Waals surface area contributed by atoms with Crippen LogP contribution in [0.2, 0.25) is 0 Å². The van der Waals surface area contributed by atoms with Gasteiger partial charge in [0, 0.05) is 31.7 Å². The Labute approximate surface area is 160 Å². The molecule has 0 saturated carbocycles. The molecule has 2 saturated heterocycles. The van der Waals surface area contributed by atoms with Crippen LogP contribution in [0, 0.1) is 6.92 Å². The second-order valence-electron chi connectivity index (χ2n) is 7.87. The van der Waals surface area contributed by atoms with E-state index in [1.807, 2.05) is 6.92 Å². The average Bonchev–Trinajstić information content (AvgIpc) is 3.29. The molecule has 5 nitrogen and oxygen atoms in total. The number of carbonyl (C=O) groups is 1. The number of hydrogen-bond donors (Lipinski definition) is 1. The lowest BCUT2D eigenvalue weighted by molar-refractivity contribution is -0.0764. The molecule has 5 heteroatoms. The molecule has 2 aliphatic heterocycles. The highest BCUT2D eigenvalue weighted by Gasteiger charge is 2.42. The molecule has 0 bridgehead atoms. The number of nitrogens with one attached hydrogen (secondary N) is 1. The molecule has 1 unspecified atom stereocenters. The summed E-state index contributed by atoms with van der Waals surface area (Å²) in [4.78, 5) is 14.7. The first-order chi connectivity index (χ1) is 13.1. The molecule has 1 aromatic heterocycles. The molecule has 1 atom stereocenters. The van der Waals surface area contributed by atoms with Crippen LogP contribution in [-0.4, -0.2) is 42.1 Å². The minimum atomic E-state index is -0.153. The van der Waals surface area contributed by atoms with Crippen LogP contribution in [0.3, 0.4) is 0 Å². The Balaban J connectivity index is 1.24. The van der Waals surface area contributed by atoms with Crippen LogP contribution < -0.4 is 5.32 Å². The van der Waals surface area contributed by atoms with E-state index in [1.54, 1.807) is 12.3 Å². The van der Waals surface area contributed by atoms with Crippen LogP contribution in [0.25, 0.3) is 0 Å². The van der Waals surface area contributed by atoms with Gasteiger partial charge in [-0.2, -0.15) is 0 Å². The highest BCUT2D eigenvalue weighted by Crippen LogP contribution is 2.39. The van der Waals surface area contributed by atoms with E-state index in [9.17, 15) is 4.79 Å². The third kappa shape index (κ3) is 4.25. The van der Waals surface area contributed by atoms with E-state index in [0.29, 0.717) is 12.3 Å².